The molecule has 0 amide bonds. The van der Waals surface area contributed by atoms with Gasteiger partial charge in [-0.3, -0.25) is 0 Å². The highest BCUT2D eigenvalue weighted by atomic mass is 32.1. The molecule has 0 bridgehead atoms. The van der Waals surface area contributed by atoms with E-state index in [2.05, 4.69) is 11.4 Å². The van der Waals surface area contributed by atoms with Gasteiger partial charge in [0.05, 0.1) is 6.26 Å². The highest BCUT2D eigenvalue weighted by molar-refractivity contribution is 7.10. The number of anilines is 1. The Balaban J connectivity index is 1.70. The first-order valence-electron chi connectivity index (χ1n) is 5.96. The monoisotopic (exact) mass is 248 g/mol. The Bertz CT molecular complexity index is 503. The zero-order chi connectivity index (χ0) is 11.7. The molecule has 1 unspecified atom stereocenters. The summed E-state index contributed by atoms with van der Waals surface area (Å²) in [4.78, 5) is 1.22. The molecule has 0 saturated carbocycles. The second-order valence-corrected chi connectivity index (χ2v) is 5.42. The van der Waals surface area contributed by atoms with Crippen molar-refractivity contribution < 1.29 is 4.42 Å². The SMILES string of the molecule is Nc1ccsc1CNC1CCCc2occc21. The molecule has 2 aromatic rings. The van der Waals surface area contributed by atoms with Crippen LogP contribution < -0.4 is 11.1 Å². The predicted molar refractivity (Wildman–Crippen MR) is 70.0 cm³/mol. The number of rotatable bonds is 3. The van der Waals surface area contributed by atoms with Gasteiger partial charge in [0.15, 0.2) is 0 Å². The lowest BCUT2D eigenvalue weighted by Crippen LogP contribution is -2.23. The standard InChI is InChI=1S/C13H16N2OS/c14-10-5-7-17-13(10)8-15-11-2-1-3-12-9(11)4-6-16-12/h4-7,11,15H,1-3,8,14H2. The van der Waals surface area contributed by atoms with Gasteiger partial charge >= 0.3 is 0 Å². The molecular weight excluding hydrogens is 232 g/mol. The molecule has 0 aromatic carbocycles. The highest BCUT2D eigenvalue weighted by Gasteiger charge is 2.22. The number of thiophene rings is 1. The third-order valence-corrected chi connectivity index (χ3v) is 4.28. The maximum absolute atomic E-state index is 5.88. The molecule has 0 radical (unpaired) electrons. The first kappa shape index (κ1) is 10.9. The van der Waals surface area contributed by atoms with Crippen LogP contribution in [-0.2, 0) is 13.0 Å². The van der Waals surface area contributed by atoms with Crippen LogP contribution in [-0.4, -0.2) is 0 Å². The summed E-state index contributed by atoms with van der Waals surface area (Å²) in [6.07, 6.45) is 5.24. The van der Waals surface area contributed by atoms with Crippen LogP contribution in [0.4, 0.5) is 5.69 Å². The quantitative estimate of drug-likeness (QED) is 0.877. The molecule has 2 aromatic heterocycles. The van der Waals surface area contributed by atoms with Gasteiger partial charge < -0.3 is 15.5 Å². The van der Waals surface area contributed by atoms with E-state index in [9.17, 15) is 0 Å². The Hall–Kier alpha value is -1.26. The van der Waals surface area contributed by atoms with E-state index in [1.54, 1.807) is 17.6 Å². The Morgan fingerprint density at radius 3 is 3.24 bits per heavy atom. The summed E-state index contributed by atoms with van der Waals surface area (Å²) in [7, 11) is 0. The predicted octanol–water partition coefficient (Wildman–Crippen LogP) is 3.09. The second-order valence-electron chi connectivity index (χ2n) is 4.42. The van der Waals surface area contributed by atoms with E-state index in [-0.39, 0.29) is 0 Å². The molecule has 0 aliphatic heterocycles. The van der Waals surface area contributed by atoms with Crippen LogP contribution in [0.1, 0.15) is 35.1 Å². The molecule has 3 rings (SSSR count). The van der Waals surface area contributed by atoms with E-state index in [0.29, 0.717) is 6.04 Å². The summed E-state index contributed by atoms with van der Waals surface area (Å²) in [6.45, 7) is 0.846. The lowest BCUT2D eigenvalue weighted by molar-refractivity contribution is 0.412. The Morgan fingerprint density at radius 1 is 1.47 bits per heavy atom. The average molecular weight is 248 g/mol. The number of nitrogen functional groups attached to an aromatic ring is 1. The zero-order valence-corrected chi connectivity index (χ0v) is 10.4. The van der Waals surface area contributed by atoms with Gasteiger partial charge in [-0.05, 0) is 30.4 Å². The van der Waals surface area contributed by atoms with Gasteiger partial charge in [-0.25, -0.2) is 0 Å². The first-order chi connectivity index (χ1) is 8.34. The Morgan fingerprint density at radius 2 is 2.41 bits per heavy atom. The molecule has 0 spiro atoms. The molecule has 0 saturated heterocycles. The fourth-order valence-corrected chi connectivity index (χ4v) is 3.16. The van der Waals surface area contributed by atoms with Crippen LogP contribution in [0.3, 0.4) is 0 Å². The number of hydrogen-bond donors (Lipinski definition) is 2. The molecule has 1 atom stereocenters. The van der Waals surface area contributed by atoms with Gasteiger partial charge in [0, 0.05) is 35.1 Å². The van der Waals surface area contributed by atoms with Crippen LogP contribution in [0.15, 0.2) is 28.2 Å². The zero-order valence-electron chi connectivity index (χ0n) is 9.61. The van der Waals surface area contributed by atoms with Gasteiger partial charge in [0.25, 0.3) is 0 Å². The van der Waals surface area contributed by atoms with Gasteiger partial charge in [-0.15, -0.1) is 11.3 Å². The van der Waals surface area contributed by atoms with Crippen molar-refractivity contribution in [3.05, 3.63) is 40.0 Å². The summed E-state index contributed by atoms with van der Waals surface area (Å²) in [5.74, 6) is 1.15. The molecule has 3 N–H and O–H groups in total. The summed E-state index contributed by atoms with van der Waals surface area (Å²) in [5.41, 5.74) is 8.10. The maximum atomic E-state index is 5.88. The fraction of sp³-hybridized carbons (Fsp3) is 0.385. The lowest BCUT2D eigenvalue weighted by atomic mass is 9.93. The van der Waals surface area contributed by atoms with Crippen LogP contribution in [0.25, 0.3) is 0 Å². The van der Waals surface area contributed by atoms with Crippen LogP contribution in [0.5, 0.6) is 0 Å². The van der Waals surface area contributed by atoms with E-state index in [0.717, 1.165) is 24.4 Å². The molecule has 3 nitrogen and oxygen atoms in total. The van der Waals surface area contributed by atoms with Crippen molar-refractivity contribution in [1.29, 1.82) is 0 Å². The van der Waals surface area contributed by atoms with Crippen molar-refractivity contribution in [3.63, 3.8) is 0 Å². The minimum absolute atomic E-state index is 0.416. The highest BCUT2D eigenvalue weighted by Crippen LogP contribution is 2.31. The van der Waals surface area contributed by atoms with Crippen LogP contribution >= 0.6 is 11.3 Å². The molecule has 1 aliphatic rings. The van der Waals surface area contributed by atoms with Crippen LogP contribution in [0.2, 0.25) is 0 Å². The number of hydrogen-bond acceptors (Lipinski definition) is 4. The van der Waals surface area contributed by atoms with E-state index in [1.165, 1.54) is 23.3 Å². The average Bonchev–Trinajstić information content (AvgIpc) is 2.95. The summed E-state index contributed by atoms with van der Waals surface area (Å²) < 4.78 is 5.48. The smallest absolute Gasteiger partial charge is 0.108 e. The van der Waals surface area contributed by atoms with Crippen molar-refractivity contribution in [2.45, 2.75) is 31.8 Å². The molecule has 4 heteroatoms. The number of aryl methyl sites for hydroxylation is 1. The Labute approximate surface area is 105 Å². The van der Waals surface area contributed by atoms with E-state index in [4.69, 9.17) is 10.2 Å². The molecule has 17 heavy (non-hydrogen) atoms. The summed E-state index contributed by atoms with van der Waals surface area (Å²) >= 11 is 1.71. The first-order valence-corrected chi connectivity index (χ1v) is 6.84. The molecule has 0 fully saturated rings. The fourth-order valence-electron chi connectivity index (χ4n) is 2.41. The minimum Gasteiger partial charge on any atom is -0.469 e. The third kappa shape index (κ3) is 2.10. The third-order valence-electron chi connectivity index (χ3n) is 3.34. The van der Waals surface area contributed by atoms with Gasteiger partial charge in [-0.2, -0.15) is 0 Å². The Kier molecular flexibility index (Phi) is 2.91. The van der Waals surface area contributed by atoms with Crippen molar-refractivity contribution >= 4 is 17.0 Å². The summed E-state index contributed by atoms with van der Waals surface area (Å²) in [6, 6.07) is 4.47. The van der Waals surface area contributed by atoms with Gasteiger partial charge in [-0.1, -0.05) is 0 Å². The number of nitrogens with one attached hydrogen (secondary N) is 1. The largest absolute Gasteiger partial charge is 0.469 e. The topological polar surface area (TPSA) is 51.2 Å². The molecular formula is C13H16N2OS. The van der Waals surface area contributed by atoms with Crippen LogP contribution in [0, 0.1) is 0 Å². The lowest BCUT2D eigenvalue weighted by Gasteiger charge is -2.22. The van der Waals surface area contributed by atoms with Gasteiger partial charge in [0.2, 0.25) is 0 Å². The normalized spacial score (nSPS) is 19.2. The van der Waals surface area contributed by atoms with E-state index < -0.39 is 0 Å². The van der Waals surface area contributed by atoms with Gasteiger partial charge in [0.1, 0.15) is 5.76 Å². The summed E-state index contributed by atoms with van der Waals surface area (Å²) in [5, 5.41) is 5.62. The molecule has 2 heterocycles. The second kappa shape index (κ2) is 4.55. The van der Waals surface area contributed by atoms with E-state index in [1.807, 2.05) is 11.4 Å². The molecule has 1 aliphatic carbocycles. The van der Waals surface area contributed by atoms with Crippen molar-refractivity contribution in [1.82, 2.24) is 5.32 Å². The minimum atomic E-state index is 0.416. The number of furan rings is 1. The number of nitrogens with two attached hydrogens (primary N) is 1. The number of fused-ring (bicyclic) bond motifs is 1. The maximum Gasteiger partial charge on any atom is 0.108 e. The van der Waals surface area contributed by atoms with Crippen molar-refractivity contribution in [2.24, 2.45) is 0 Å². The van der Waals surface area contributed by atoms with Crippen molar-refractivity contribution in [3.8, 4) is 0 Å². The van der Waals surface area contributed by atoms with Crippen molar-refractivity contribution in [2.75, 3.05) is 5.73 Å². The molecule has 90 valence electrons. The van der Waals surface area contributed by atoms with E-state index >= 15 is 0 Å².